The molecule has 0 aromatic carbocycles. The van der Waals surface area contributed by atoms with Gasteiger partial charge in [-0.05, 0) is 35.2 Å². The molecule has 160 valence electrons. The zero-order valence-corrected chi connectivity index (χ0v) is 18.1. The summed E-state index contributed by atoms with van der Waals surface area (Å²) in [5.41, 5.74) is -0.651. The fourth-order valence-corrected chi connectivity index (χ4v) is 4.71. The van der Waals surface area contributed by atoms with Gasteiger partial charge in [0, 0.05) is 20.1 Å². The summed E-state index contributed by atoms with van der Waals surface area (Å²) in [6.45, 7) is 0.335. The van der Waals surface area contributed by atoms with Crippen molar-refractivity contribution >= 4 is 44.8 Å². The molecule has 2 N–H and O–H groups in total. The van der Waals surface area contributed by atoms with Crippen LogP contribution in [-0.2, 0) is 23.2 Å². The van der Waals surface area contributed by atoms with Crippen molar-refractivity contribution in [2.24, 2.45) is 7.05 Å². The van der Waals surface area contributed by atoms with Gasteiger partial charge >= 0.3 is 6.03 Å². The highest BCUT2D eigenvalue weighted by molar-refractivity contribution is 9.10. The number of nitrogens with one attached hydrogen (secondary N) is 2. The Morgan fingerprint density at radius 2 is 2.03 bits per heavy atom. The van der Waals surface area contributed by atoms with Crippen LogP contribution in [0, 0.1) is 0 Å². The second-order valence-corrected chi connectivity index (χ2v) is 8.42. The molecule has 2 fully saturated rings. The van der Waals surface area contributed by atoms with E-state index in [0.717, 1.165) is 12.8 Å². The van der Waals surface area contributed by atoms with Gasteiger partial charge in [-0.1, -0.05) is 12.8 Å². The van der Waals surface area contributed by atoms with Gasteiger partial charge in [0.05, 0.1) is 0 Å². The summed E-state index contributed by atoms with van der Waals surface area (Å²) >= 11 is 3.23. The molecule has 1 aliphatic carbocycles. The number of hydrogen-bond acceptors (Lipinski definition) is 6. The van der Waals surface area contributed by atoms with E-state index in [1.807, 2.05) is 0 Å². The summed E-state index contributed by atoms with van der Waals surface area (Å²) in [5, 5.41) is 9.96. The number of amides is 4. The predicted molar refractivity (Wildman–Crippen MR) is 110 cm³/mol. The van der Waals surface area contributed by atoms with E-state index in [0.29, 0.717) is 34.9 Å². The van der Waals surface area contributed by atoms with E-state index in [-0.39, 0.29) is 43.0 Å². The molecule has 4 amide bonds. The highest BCUT2D eigenvalue weighted by Gasteiger charge is 2.51. The van der Waals surface area contributed by atoms with Crippen LogP contribution in [0.1, 0.15) is 32.1 Å². The predicted octanol–water partition coefficient (Wildman–Crippen LogP) is 0.263. The van der Waals surface area contributed by atoms with E-state index >= 15 is 0 Å². The summed E-state index contributed by atoms with van der Waals surface area (Å²) in [4.78, 5) is 54.9. The zero-order chi connectivity index (χ0) is 21.5. The third-order valence-corrected chi connectivity index (χ3v) is 6.22. The van der Waals surface area contributed by atoms with Crippen molar-refractivity contribution < 1.29 is 14.4 Å². The lowest BCUT2D eigenvalue weighted by Gasteiger charge is -2.20. The van der Waals surface area contributed by atoms with Crippen LogP contribution in [0.2, 0.25) is 0 Å². The smallest absolute Gasteiger partial charge is 0.325 e. The fraction of sp³-hybridized carbons (Fsp3) is 0.556. The van der Waals surface area contributed by atoms with Crippen LogP contribution < -0.4 is 16.2 Å². The molecule has 4 rings (SSSR count). The monoisotopic (exact) mass is 479 g/mol. The number of nitrogens with zero attached hydrogens (tertiary/aromatic N) is 5. The molecule has 3 heterocycles. The molecule has 1 saturated carbocycles. The van der Waals surface area contributed by atoms with Gasteiger partial charge in [0.2, 0.25) is 5.91 Å². The van der Waals surface area contributed by atoms with Gasteiger partial charge in [0.25, 0.3) is 11.5 Å². The first-order chi connectivity index (χ1) is 14.3. The van der Waals surface area contributed by atoms with E-state index in [4.69, 9.17) is 0 Å². The second kappa shape index (κ2) is 7.82. The van der Waals surface area contributed by atoms with Gasteiger partial charge in [0.1, 0.15) is 28.4 Å². The Hall–Kier alpha value is -2.76. The zero-order valence-electron chi connectivity index (χ0n) is 16.5. The molecule has 0 radical (unpaired) electrons. The third kappa shape index (κ3) is 3.48. The van der Waals surface area contributed by atoms with Crippen LogP contribution in [0.5, 0.6) is 0 Å². The first kappa shape index (κ1) is 20.5. The molecule has 12 heteroatoms. The standard InChI is InChI=1S/C18H22BrN7O4/c1-24-14-12(13(19)23-24)15(28)25(10-21-14)9-11(27)20-7-4-8-26-16(29)18(22-17(26)30)5-2-3-6-18/h10H,2-9H2,1H3,(H,20,27)(H,22,30). The van der Waals surface area contributed by atoms with Crippen molar-refractivity contribution in [3.05, 3.63) is 21.3 Å². The van der Waals surface area contributed by atoms with Crippen molar-refractivity contribution in [3.8, 4) is 0 Å². The summed E-state index contributed by atoms with van der Waals surface area (Å²) in [6, 6.07) is -0.360. The molecular weight excluding hydrogens is 458 g/mol. The van der Waals surface area contributed by atoms with Gasteiger partial charge in [-0.2, -0.15) is 5.10 Å². The van der Waals surface area contributed by atoms with Crippen LogP contribution in [0.4, 0.5) is 4.79 Å². The van der Waals surface area contributed by atoms with Gasteiger partial charge < -0.3 is 10.6 Å². The summed E-state index contributed by atoms with van der Waals surface area (Å²) in [5.74, 6) is -0.521. The second-order valence-electron chi connectivity index (χ2n) is 7.67. The lowest BCUT2D eigenvalue weighted by atomic mass is 9.98. The molecule has 2 aromatic heterocycles. The fourth-order valence-electron chi connectivity index (χ4n) is 4.12. The average Bonchev–Trinajstić information content (AvgIpc) is 3.34. The summed E-state index contributed by atoms with van der Waals surface area (Å²) < 4.78 is 3.07. The number of carbonyl (C=O) groups is 3. The average molecular weight is 480 g/mol. The molecule has 2 aliphatic rings. The van der Waals surface area contributed by atoms with E-state index < -0.39 is 5.54 Å². The normalized spacial score (nSPS) is 17.9. The van der Waals surface area contributed by atoms with E-state index in [2.05, 4.69) is 36.6 Å². The molecule has 0 bridgehead atoms. The minimum absolute atomic E-state index is 0.163. The number of halogens is 1. The molecule has 30 heavy (non-hydrogen) atoms. The highest BCUT2D eigenvalue weighted by Crippen LogP contribution is 2.34. The van der Waals surface area contributed by atoms with Crippen LogP contribution in [0.25, 0.3) is 11.0 Å². The van der Waals surface area contributed by atoms with Crippen molar-refractivity contribution in [2.75, 3.05) is 13.1 Å². The molecular formula is C18H22BrN7O4. The van der Waals surface area contributed by atoms with E-state index in [1.54, 1.807) is 7.05 Å². The molecule has 1 saturated heterocycles. The first-order valence-corrected chi connectivity index (χ1v) is 10.6. The maximum absolute atomic E-state index is 12.6. The van der Waals surface area contributed by atoms with E-state index in [9.17, 15) is 19.2 Å². The Kier molecular flexibility index (Phi) is 5.35. The molecule has 1 aliphatic heterocycles. The SMILES string of the molecule is Cn1nc(Br)c2c(=O)n(CC(=O)NCCCN3C(=O)NC4(CCCC4)C3=O)cnc21. The quantitative estimate of drug-likeness (QED) is 0.451. The van der Waals surface area contributed by atoms with Gasteiger partial charge in [-0.3, -0.25) is 23.9 Å². The van der Waals surface area contributed by atoms with E-state index in [1.165, 1.54) is 20.5 Å². The topological polar surface area (TPSA) is 131 Å². The molecule has 0 unspecified atom stereocenters. The lowest BCUT2D eigenvalue weighted by molar-refractivity contribution is -0.131. The Labute approximate surface area is 179 Å². The molecule has 2 aromatic rings. The van der Waals surface area contributed by atoms with Gasteiger partial charge in [-0.25, -0.2) is 14.5 Å². The van der Waals surface area contributed by atoms with Crippen LogP contribution in [-0.4, -0.2) is 60.7 Å². The molecule has 0 atom stereocenters. The minimum atomic E-state index is -0.715. The van der Waals surface area contributed by atoms with Crippen molar-refractivity contribution in [1.82, 2.24) is 34.9 Å². The number of rotatable bonds is 6. The van der Waals surface area contributed by atoms with Crippen molar-refractivity contribution in [2.45, 2.75) is 44.2 Å². The third-order valence-electron chi connectivity index (χ3n) is 5.67. The Bertz CT molecular complexity index is 1090. The number of fused-ring (bicyclic) bond motifs is 1. The van der Waals surface area contributed by atoms with Gasteiger partial charge in [-0.15, -0.1) is 0 Å². The minimum Gasteiger partial charge on any atom is -0.354 e. The van der Waals surface area contributed by atoms with Crippen LogP contribution in [0.15, 0.2) is 15.7 Å². The van der Waals surface area contributed by atoms with Crippen molar-refractivity contribution in [1.29, 1.82) is 0 Å². The number of aromatic nitrogens is 4. The Balaban J connectivity index is 1.30. The van der Waals surface area contributed by atoms with Gasteiger partial charge in [0.15, 0.2) is 5.65 Å². The maximum Gasteiger partial charge on any atom is 0.325 e. The summed E-state index contributed by atoms with van der Waals surface area (Å²) in [6.07, 6.45) is 4.99. The maximum atomic E-state index is 12.6. The number of urea groups is 1. The first-order valence-electron chi connectivity index (χ1n) is 9.81. The molecule has 1 spiro atoms. The molecule has 11 nitrogen and oxygen atoms in total. The number of hydrogen-bond donors (Lipinski definition) is 2. The van der Waals surface area contributed by atoms with Crippen LogP contribution >= 0.6 is 15.9 Å². The number of imide groups is 1. The van der Waals surface area contributed by atoms with Crippen molar-refractivity contribution in [3.63, 3.8) is 0 Å². The largest absolute Gasteiger partial charge is 0.354 e. The number of aryl methyl sites for hydroxylation is 1. The van der Waals surface area contributed by atoms with Crippen LogP contribution in [0.3, 0.4) is 0 Å². The summed E-state index contributed by atoms with van der Waals surface area (Å²) in [7, 11) is 1.68. The lowest BCUT2D eigenvalue weighted by Crippen LogP contribution is -2.44. The number of carbonyl (C=O) groups excluding carboxylic acids is 3. The highest BCUT2D eigenvalue weighted by atomic mass is 79.9. The Morgan fingerprint density at radius 1 is 1.30 bits per heavy atom. The Morgan fingerprint density at radius 3 is 2.77 bits per heavy atom.